The maximum atomic E-state index is 13.7. The Labute approximate surface area is 224 Å². The van der Waals surface area contributed by atoms with Crippen LogP contribution in [0.3, 0.4) is 0 Å². The van der Waals surface area contributed by atoms with Crippen LogP contribution in [0.15, 0.2) is 52.2 Å². The van der Waals surface area contributed by atoms with E-state index >= 15 is 0 Å². The van der Waals surface area contributed by atoms with E-state index in [0.717, 1.165) is 16.0 Å². The number of aliphatic hydroxyl groups is 1. The van der Waals surface area contributed by atoms with Crippen molar-refractivity contribution >= 4 is 59.2 Å². The zero-order valence-corrected chi connectivity index (χ0v) is 21.8. The average Bonchev–Trinajstić information content (AvgIpc) is 3.17. The Morgan fingerprint density at radius 1 is 1.11 bits per heavy atom. The first kappa shape index (κ1) is 28.4. The van der Waals surface area contributed by atoms with E-state index < -0.39 is 6.10 Å². The number of halogens is 3. The molecule has 194 valence electrons. The minimum Gasteiger partial charge on any atom is -0.391 e. The molecule has 0 unspecified atom stereocenters. The number of aliphatic hydroxyl groups excluding tert-OH is 1. The number of rotatable bonds is 7. The van der Waals surface area contributed by atoms with Gasteiger partial charge in [0.1, 0.15) is 11.6 Å². The van der Waals surface area contributed by atoms with Crippen molar-refractivity contribution in [3.8, 4) is 0 Å². The summed E-state index contributed by atoms with van der Waals surface area (Å²) in [5, 5.41) is 17.5. The quantitative estimate of drug-likeness (QED) is 0.412. The molecular weight excluding hydrogens is 528 g/mol. The molecule has 12 heteroatoms. The molecule has 0 aliphatic carbocycles. The fourth-order valence-electron chi connectivity index (χ4n) is 4.55. The lowest BCUT2D eigenvalue weighted by Gasteiger charge is -2.18. The number of pyridine rings is 2. The SMILES string of the molecule is Cl.Cl.O=C1CSc2ccc(CNC[C@@H]3CN(CCn4c(=O)ccc5ccc(F)cc54)C[C@@H]3O)nc2N1. The zero-order valence-electron chi connectivity index (χ0n) is 19.4. The molecule has 0 saturated carbocycles. The number of nitrogens with one attached hydrogen (secondary N) is 2. The highest BCUT2D eigenvalue weighted by molar-refractivity contribution is 8.00. The van der Waals surface area contributed by atoms with Gasteiger partial charge in [0.2, 0.25) is 5.91 Å². The van der Waals surface area contributed by atoms with Gasteiger partial charge in [-0.1, -0.05) is 0 Å². The first-order valence-corrected chi connectivity index (χ1v) is 12.3. The first-order chi connectivity index (χ1) is 16.5. The van der Waals surface area contributed by atoms with Crippen molar-refractivity contribution in [2.24, 2.45) is 5.92 Å². The average molecular weight is 556 g/mol. The van der Waals surface area contributed by atoms with Crippen molar-refractivity contribution in [3.63, 3.8) is 0 Å². The van der Waals surface area contributed by atoms with E-state index in [1.54, 1.807) is 16.7 Å². The fraction of sp³-hybridized carbons (Fsp3) is 0.375. The normalized spacial score (nSPS) is 19.3. The van der Waals surface area contributed by atoms with Gasteiger partial charge in [-0.25, -0.2) is 9.37 Å². The second-order valence-corrected chi connectivity index (χ2v) is 9.75. The number of carbonyl (C=O) groups excluding carboxylic acids is 1. The Bertz CT molecular complexity index is 1290. The van der Waals surface area contributed by atoms with Crippen LogP contribution in [0.4, 0.5) is 10.2 Å². The number of benzene rings is 1. The van der Waals surface area contributed by atoms with Gasteiger partial charge in [-0.2, -0.15) is 0 Å². The third-order valence-electron chi connectivity index (χ3n) is 6.32. The first-order valence-electron chi connectivity index (χ1n) is 11.3. The molecule has 0 spiro atoms. The van der Waals surface area contributed by atoms with Gasteiger partial charge in [0.05, 0.1) is 28.0 Å². The van der Waals surface area contributed by atoms with Gasteiger partial charge in [0, 0.05) is 51.3 Å². The highest BCUT2D eigenvalue weighted by Gasteiger charge is 2.30. The van der Waals surface area contributed by atoms with Crippen LogP contribution >= 0.6 is 36.6 Å². The number of likely N-dealkylation sites (tertiary alicyclic amines) is 1. The lowest BCUT2D eigenvalue weighted by Crippen LogP contribution is -2.31. The highest BCUT2D eigenvalue weighted by Crippen LogP contribution is 2.29. The summed E-state index contributed by atoms with van der Waals surface area (Å²) in [6, 6.07) is 11.6. The molecule has 3 N–H and O–H groups in total. The third kappa shape index (κ3) is 6.37. The van der Waals surface area contributed by atoms with Crippen molar-refractivity contribution in [1.82, 2.24) is 19.8 Å². The Morgan fingerprint density at radius 3 is 2.75 bits per heavy atom. The van der Waals surface area contributed by atoms with Gasteiger partial charge in [-0.3, -0.25) is 14.5 Å². The molecule has 3 aromatic rings. The van der Waals surface area contributed by atoms with Crippen molar-refractivity contribution < 1.29 is 14.3 Å². The molecule has 0 radical (unpaired) electrons. The van der Waals surface area contributed by atoms with Crippen LogP contribution in [-0.4, -0.2) is 63.5 Å². The van der Waals surface area contributed by atoms with Crippen LogP contribution in [-0.2, 0) is 17.9 Å². The van der Waals surface area contributed by atoms with Gasteiger partial charge in [-0.05, 0) is 41.8 Å². The van der Waals surface area contributed by atoms with Gasteiger partial charge < -0.3 is 20.3 Å². The molecule has 1 saturated heterocycles. The molecule has 2 atom stereocenters. The summed E-state index contributed by atoms with van der Waals surface area (Å²) in [6.07, 6.45) is -0.471. The number of nitrogens with zero attached hydrogens (tertiary/aromatic N) is 3. The Hall–Kier alpha value is -2.21. The molecule has 5 rings (SSSR count). The molecule has 1 aromatic carbocycles. The summed E-state index contributed by atoms with van der Waals surface area (Å²) in [5.74, 6) is 0.657. The van der Waals surface area contributed by atoms with Gasteiger partial charge >= 0.3 is 0 Å². The predicted molar refractivity (Wildman–Crippen MR) is 144 cm³/mol. The number of aromatic nitrogens is 2. The van der Waals surface area contributed by atoms with Crippen LogP contribution in [0.2, 0.25) is 0 Å². The van der Waals surface area contributed by atoms with Gasteiger partial charge in [0.25, 0.3) is 5.56 Å². The second-order valence-electron chi connectivity index (χ2n) is 8.73. The standard InChI is InChI=1S/C24H26FN5O3S.2ClH/c25-17-3-1-15-2-6-23(33)30(19(15)9-17)8-7-29-12-16(20(31)13-29)10-26-11-18-4-5-21-24(27-18)28-22(32)14-34-21;;/h1-6,9,16,20,26,31H,7-8,10-14H2,(H,27,28,32);2*1H/t16-,20+;;/m1../s1. The number of thioether (sulfide) groups is 1. The van der Waals surface area contributed by atoms with E-state index in [-0.39, 0.29) is 48.0 Å². The second kappa shape index (κ2) is 12.4. The van der Waals surface area contributed by atoms with Crippen molar-refractivity contribution in [2.75, 3.05) is 37.2 Å². The summed E-state index contributed by atoms with van der Waals surface area (Å²) in [6.45, 7) is 3.40. The largest absolute Gasteiger partial charge is 0.391 e. The number of hydrogen-bond donors (Lipinski definition) is 3. The Morgan fingerprint density at radius 2 is 1.92 bits per heavy atom. The van der Waals surface area contributed by atoms with Crippen LogP contribution in [0, 0.1) is 11.7 Å². The number of anilines is 1. The summed E-state index contributed by atoms with van der Waals surface area (Å²) in [5.41, 5.74) is 1.24. The Kier molecular flexibility index (Phi) is 9.73. The van der Waals surface area contributed by atoms with Crippen molar-refractivity contribution in [3.05, 3.63) is 64.3 Å². The van der Waals surface area contributed by atoms with Gasteiger partial charge in [0.15, 0.2) is 0 Å². The molecule has 0 bridgehead atoms. The minimum atomic E-state index is -0.471. The zero-order chi connectivity index (χ0) is 23.7. The van der Waals surface area contributed by atoms with E-state index in [9.17, 15) is 19.1 Å². The van der Waals surface area contributed by atoms with E-state index in [4.69, 9.17) is 0 Å². The predicted octanol–water partition coefficient (Wildman–Crippen LogP) is 2.51. The number of β-amino-alcohol motifs (C(OH)–C–C–N with tert-alkyl or cyclic N) is 1. The maximum Gasteiger partial charge on any atom is 0.251 e. The van der Waals surface area contributed by atoms with Crippen LogP contribution in [0.5, 0.6) is 0 Å². The minimum absolute atomic E-state index is 0. The number of carbonyl (C=O) groups is 1. The van der Waals surface area contributed by atoms with Crippen LogP contribution in [0.25, 0.3) is 10.9 Å². The number of fused-ring (bicyclic) bond motifs is 2. The topological polar surface area (TPSA) is 99.5 Å². The van der Waals surface area contributed by atoms with Crippen molar-refractivity contribution in [2.45, 2.75) is 24.1 Å². The van der Waals surface area contributed by atoms with E-state index in [1.165, 1.54) is 30.0 Å². The highest BCUT2D eigenvalue weighted by atomic mass is 35.5. The monoisotopic (exact) mass is 555 g/mol. The lowest BCUT2D eigenvalue weighted by molar-refractivity contribution is -0.113. The molecule has 1 fully saturated rings. The fourth-order valence-corrected chi connectivity index (χ4v) is 5.30. The molecule has 36 heavy (non-hydrogen) atoms. The maximum absolute atomic E-state index is 13.7. The Balaban J connectivity index is 0.00000180. The number of hydrogen-bond acceptors (Lipinski definition) is 7. The molecule has 2 aliphatic rings. The van der Waals surface area contributed by atoms with Crippen molar-refractivity contribution in [1.29, 1.82) is 0 Å². The molecule has 4 heterocycles. The summed E-state index contributed by atoms with van der Waals surface area (Å²) >= 11 is 1.48. The molecule has 8 nitrogen and oxygen atoms in total. The smallest absolute Gasteiger partial charge is 0.251 e. The summed E-state index contributed by atoms with van der Waals surface area (Å²) in [4.78, 5) is 31.6. The van der Waals surface area contributed by atoms with Crippen LogP contribution in [0.1, 0.15) is 5.69 Å². The summed E-state index contributed by atoms with van der Waals surface area (Å²) < 4.78 is 15.3. The van der Waals surface area contributed by atoms with E-state index in [0.29, 0.717) is 56.4 Å². The summed E-state index contributed by atoms with van der Waals surface area (Å²) in [7, 11) is 0. The molecule has 1 amide bonds. The third-order valence-corrected chi connectivity index (χ3v) is 7.37. The molecule has 2 aliphatic heterocycles. The van der Waals surface area contributed by atoms with Gasteiger partial charge in [-0.15, -0.1) is 36.6 Å². The number of amides is 1. The van der Waals surface area contributed by atoms with E-state index in [1.807, 2.05) is 12.1 Å². The lowest BCUT2D eigenvalue weighted by atomic mass is 10.1. The van der Waals surface area contributed by atoms with E-state index in [2.05, 4.69) is 20.5 Å². The van der Waals surface area contributed by atoms with Crippen LogP contribution < -0.4 is 16.2 Å². The molecular formula is C24H28Cl2FN5O3S. The molecule has 2 aromatic heterocycles.